The van der Waals surface area contributed by atoms with Gasteiger partial charge < -0.3 is 20.5 Å². The highest BCUT2D eigenvalue weighted by Crippen LogP contribution is 2.25. The molecule has 1 saturated carbocycles. The Morgan fingerprint density at radius 1 is 1.08 bits per heavy atom. The molecular formula is C29H34N4O3. The number of likely N-dealkylation sites (tertiary alicyclic amines) is 1. The maximum atomic E-state index is 13.1. The summed E-state index contributed by atoms with van der Waals surface area (Å²) in [7, 11) is 0. The van der Waals surface area contributed by atoms with E-state index in [4.69, 9.17) is 0 Å². The first-order valence-corrected chi connectivity index (χ1v) is 13.0. The van der Waals surface area contributed by atoms with Gasteiger partial charge in [-0.2, -0.15) is 0 Å². The van der Waals surface area contributed by atoms with Gasteiger partial charge in [-0.05, 0) is 56.0 Å². The van der Waals surface area contributed by atoms with Crippen molar-refractivity contribution in [1.82, 2.24) is 15.2 Å². The number of aryl methyl sites for hydroxylation is 1. The van der Waals surface area contributed by atoms with Crippen LogP contribution in [0.3, 0.4) is 0 Å². The summed E-state index contributed by atoms with van der Waals surface area (Å²) in [4.78, 5) is 43.8. The number of para-hydroxylation sites is 1. The molecule has 2 aromatic carbocycles. The summed E-state index contributed by atoms with van der Waals surface area (Å²) in [5.41, 5.74) is 4.42. The smallest absolute Gasteiger partial charge is 0.253 e. The third kappa shape index (κ3) is 5.30. The van der Waals surface area contributed by atoms with E-state index in [9.17, 15) is 14.4 Å². The molecule has 188 valence electrons. The van der Waals surface area contributed by atoms with Crippen LogP contribution in [0.25, 0.3) is 10.9 Å². The number of fused-ring (bicyclic) bond motifs is 1. The minimum absolute atomic E-state index is 0.00509. The zero-order valence-electron chi connectivity index (χ0n) is 20.8. The number of carbonyl (C=O) groups is 3. The van der Waals surface area contributed by atoms with Crippen molar-refractivity contribution in [3.63, 3.8) is 0 Å². The van der Waals surface area contributed by atoms with Gasteiger partial charge in [0.1, 0.15) is 0 Å². The molecule has 1 unspecified atom stereocenters. The zero-order valence-corrected chi connectivity index (χ0v) is 20.8. The lowest BCUT2D eigenvalue weighted by Gasteiger charge is -2.23. The Morgan fingerprint density at radius 3 is 2.72 bits per heavy atom. The molecule has 2 fully saturated rings. The standard InChI is InChI=1S/C29H34N4O3/c1-19-11-12-25-24(15-19)20(17-30-25)13-14-33-18-21(16-27(33)34)28(35)32-26-10-6-5-9-23(26)29(36)31-22-7-3-2-4-8-22/h5-6,9-12,15,17,21-22,30H,2-4,7-8,13-14,16,18H2,1H3,(H,31,36)(H,32,35). The highest BCUT2D eigenvalue weighted by Gasteiger charge is 2.34. The van der Waals surface area contributed by atoms with Gasteiger partial charge in [0, 0.05) is 42.7 Å². The number of anilines is 1. The largest absolute Gasteiger partial charge is 0.361 e. The predicted octanol–water partition coefficient (Wildman–Crippen LogP) is 4.57. The molecule has 0 spiro atoms. The SMILES string of the molecule is Cc1ccc2[nH]cc(CCN3CC(C(=O)Nc4ccccc4C(=O)NC4CCCCC4)CC3=O)c2c1. The van der Waals surface area contributed by atoms with Crippen molar-refractivity contribution in [2.24, 2.45) is 5.92 Å². The second-order valence-corrected chi connectivity index (χ2v) is 10.2. The number of nitrogens with one attached hydrogen (secondary N) is 3. The van der Waals surface area contributed by atoms with Gasteiger partial charge in [-0.1, -0.05) is 43.0 Å². The van der Waals surface area contributed by atoms with Crippen molar-refractivity contribution >= 4 is 34.3 Å². The molecule has 5 rings (SSSR count). The summed E-state index contributed by atoms with van der Waals surface area (Å²) >= 11 is 0. The van der Waals surface area contributed by atoms with Gasteiger partial charge >= 0.3 is 0 Å². The maximum absolute atomic E-state index is 13.1. The van der Waals surface area contributed by atoms with E-state index in [2.05, 4.69) is 40.7 Å². The van der Waals surface area contributed by atoms with Crippen LogP contribution in [0.4, 0.5) is 5.69 Å². The number of aromatic nitrogens is 1. The van der Waals surface area contributed by atoms with Crippen LogP contribution in [0.2, 0.25) is 0 Å². The molecule has 2 heterocycles. The van der Waals surface area contributed by atoms with Crippen molar-refractivity contribution < 1.29 is 14.4 Å². The van der Waals surface area contributed by atoms with E-state index < -0.39 is 5.92 Å². The molecule has 7 heteroatoms. The number of nitrogens with zero attached hydrogens (tertiary/aromatic N) is 1. The van der Waals surface area contributed by atoms with Crippen molar-refractivity contribution in [1.29, 1.82) is 0 Å². The van der Waals surface area contributed by atoms with E-state index in [1.165, 1.54) is 22.9 Å². The van der Waals surface area contributed by atoms with Crippen molar-refractivity contribution in [2.75, 3.05) is 18.4 Å². The van der Waals surface area contributed by atoms with Gasteiger partial charge in [0.25, 0.3) is 5.91 Å². The number of aromatic amines is 1. The van der Waals surface area contributed by atoms with E-state index in [-0.39, 0.29) is 30.2 Å². The molecule has 36 heavy (non-hydrogen) atoms. The molecule has 0 bridgehead atoms. The quantitative estimate of drug-likeness (QED) is 0.457. The fourth-order valence-corrected chi connectivity index (χ4v) is 5.45. The fraction of sp³-hybridized carbons (Fsp3) is 0.414. The average molecular weight is 487 g/mol. The van der Waals surface area contributed by atoms with E-state index in [1.807, 2.05) is 12.3 Å². The summed E-state index contributed by atoms with van der Waals surface area (Å²) in [6.45, 7) is 3.04. The lowest BCUT2D eigenvalue weighted by molar-refractivity contribution is -0.128. The van der Waals surface area contributed by atoms with Crippen LogP contribution in [-0.4, -0.2) is 46.7 Å². The highest BCUT2D eigenvalue weighted by molar-refractivity contribution is 6.05. The van der Waals surface area contributed by atoms with Gasteiger partial charge in [0.2, 0.25) is 11.8 Å². The average Bonchev–Trinajstić information content (AvgIpc) is 3.46. The number of H-pyrrole nitrogens is 1. The van der Waals surface area contributed by atoms with Crippen LogP contribution in [0.15, 0.2) is 48.7 Å². The number of rotatable bonds is 7. The van der Waals surface area contributed by atoms with Gasteiger partial charge in [0.15, 0.2) is 0 Å². The molecule has 7 nitrogen and oxygen atoms in total. The summed E-state index contributed by atoms with van der Waals surface area (Å²) in [6.07, 6.45) is 8.41. The van der Waals surface area contributed by atoms with E-state index in [1.54, 1.807) is 23.1 Å². The van der Waals surface area contributed by atoms with Gasteiger partial charge in [-0.15, -0.1) is 0 Å². The molecule has 3 N–H and O–H groups in total. The normalized spacial score (nSPS) is 18.5. The predicted molar refractivity (Wildman–Crippen MR) is 141 cm³/mol. The lowest BCUT2D eigenvalue weighted by Crippen LogP contribution is -2.36. The zero-order chi connectivity index (χ0) is 25.1. The van der Waals surface area contributed by atoms with Crippen molar-refractivity contribution in [3.05, 3.63) is 65.4 Å². The summed E-state index contributed by atoms with van der Waals surface area (Å²) in [6, 6.07) is 13.6. The molecule has 1 aliphatic carbocycles. The lowest BCUT2D eigenvalue weighted by atomic mass is 9.95. The first-order valence-electron chi connectivity index (χ1n) is 13.0. The Morgan fingerprint density at radius 2 is 1.89 bits per heavy atom. The Kier molecular flexibility index (Phi) is 7.07. The second kappa shape index (κ2) is 10.6. The minimum Gasteiger partial charge on any atom is -0.361 e. The number of amides is 3. The Bertz CT molecular complexity index is 1270. The summed E-state index contributed by atoms with van der Waals surface area (Å²) < 4.78 is 0. The second-order valence-electron chi connectivity index (χ2n) is 10.2. The first kappa shape index (κ1) is 24.1. The first-order chi connectivity index (χ1) is 17.5. The van der Waals surface area contributed by atoms with Gasteiger partial charge in [-0.25, -0.2) is 0 Å². The monoisotopic (exact) mass is 486 g/mol. The minimum atomic E-state index is -0.433. The van der Waals surface area contributed by atoms with Crippen molar-refractivity contribution in [2.45, 2.75) is 57.9 Å². The fourth-order valence-electron chi connectivity index (χ4n) is 5.45. The number of hydrogen-bond acceptors (Lipinski definition) is 3. The van der Waals surface area contributed by atoms with Crippen LogP contribution in [0, 0.1) is 12.8 Å². The number of benzene rings is 2. The van der Waals surface area contributed by atoms with Gasteiger partial charge in [0.05, 0.1) is 17.2 Å². The third-order valence-corrected chi connectivity index (χ3v) is 7.53. The van der Waals surface area contributed by atoms with Crippen LogP contribution in [0.5, 0.6) is 0 Å². The molecule has 1 saturated heterocycles. The maximum Gasteiger partial charge on any atom is 0.253 e. The Balaban J connectivity index is 1.19. The Hall–Kier alpha value is -3.61. The van der Waals surface area contributed by atoms with E-state index in [0.29, 0.717) is 24.3 Å². The van der Waals surface area contributed by atoms with E-state index in [0.717, 1.165) is 37.6 Å². The van der Waals surface area contributed by atoms with E-state index >= 15 is 0 Å². The van der Waals surface area contributed by atoms with Gasteiger partial charge in [-0.3, -0.25) is 14.4 Å². The number of carbonyl (C=O) groups excluding carboxylic acids is 3. The molecule has 1 aliphatic heterocycles. The van der Waals surface area contributed by atoms with Crippen LogP contribution in [0.1, 0.15) is 60.0 Å². The molecule has 3 amide bonds. The Labute approximate surface area is 211 Å². The molecule has 0 radical (unpaired) electrons. The van der Waals surface area contributed by atoms with Crippen LogP contribution in [-0.2, 0) is 16.0 Å². The third-order valence-electron chi connectivity index (χ3n) is 7.53. The highest BCUT2D eigenvalue weighted by atomic mass is 16.2. The molecule has 1 atom stereocenters. The summed E-state index contributed by atoms with van der Waals surface area (Å²) in [5.74, 6) is -0.811. The molecule has 1 aromatic heterocycles. The summed E-state index contributed by atoms with van der Waals surface area (Å²) in [5, 5.41) is 7.23. The topological polar surface area (TPSA) is 94.3 Å². The van der Waals surface area contributed by atoms with Crippen LogP contribution >= 0.6 is 0 Å². The van der Waals surface area contributed by atoms with Crippen molar-refractivity contribution in [3.8, 4) is 0 Å². The molecule has 3 aromatic rings. The van der Waals surface area contributed by atoms with Crippen LogP contribution < -0.4 is 10.6 Å². The number of hydrogen-bond donors (Lipinski definition) is 3. The molecule has 2 aliphatic rings. The molecular weight excluding hydrogens is 452 g/mol.